The zero-order valence-corrected chi connectivity index (χ0v) is 7.62. The molecular weight excluding hydrogens is 150 g/mol. The summed E-state index contributed by atoms with van der Waals surface area (Å²) in [6.07, 6.45) is 9.76. The van der Waals surface area contributed by atoms with Gasteiger partial charge >= 0.3 is 0 Å². The summed E-state index contributed by atoms with van der Waals surface area (Å²) in [5.74, 6) is 1.62. The van der Waals surface area contributed by atoms with Crippen LogP contribution in [0.15, 0.2) is 24.0 Å². The molecule has 0 amide bonds. The molecule has 0 aliphatic heterocycles. The molecule has 0 saturated heterocycles. The minimum absolute atomic E-state index is 0.638. The molecule has 68 valence electrons. The van der Waals surface area contributed by atoms with Gasteiger partial charge in [-0.3, -0.25) is 0 Å². The Morgan fingerprint density at radius 3 is 3.17 bits per heavy atom. The molecule has 2 nitrogen and oxygen atoms in total. The Kier molecular flexibility index (Phi) is 3.88. The third-order valence-corrected chi connectivity index (χ3v) is 2.19. The smallest absolute Gasteiger partial charge is 0.114 e. The number of ether oxygens (including phenoxy) is 1. The highest BCUT2D eigenvalue weighted by atomic mass is 16.5. The van der Waals surface area contributed by atoms with Crippen molar-refractivity contribution in [2.75, 3.05) is 13.7 Å². The molecule has 2 N–H and O–H groups in total. The van der Waals surface area contributed by atoms with Gasteiger partial charge < -0.3 is 10.5 Å². The van der Waals surface area contributed by atoms with Gasteiger partial charge in [-0.25, -0.2) is 0 Å². The SMILES string of the molecule is COC1=CCCC(CCN)C=C1. The molecule has 0 aromatic carbocycles. The fourth-order valence-corrected chi connectivity index (χ4v) is 1.44. The second-order valence-corrected chi connectivity index (χ2v) is 3.08. The van der Waals surface area contributed by atoms with Crippen LogP contribution in [0.25, 0.3) is 0 Å². The van der Waals surface area contributed by atoms with Crippen LogP contribution >= 0.6 is 0 Å². The zero-order chi connectivity index (χ0) is 8.81. The molecule has 0 heterocycles. The quantitative estimate of drug-likeness (QED) is 0.696. The first-order valence-corrected chi connectivity index (χ1v) is 4.49. The Morgan fingerprint density at radius 1 is 1.67 bits per heavy atom. The van der Waals surface area contributed by atoms with Gasteiger partial charge in [0, 0.05) is 0 Å². The maximum absolute atomic E-state index is 5.50. The summed E-state index contributed by atoms with van der Waals surface area (Å²) in [7, 11) is 1.71. The lowest BCUT2D eigenvalue weighted by Crippen LogP contribution is -2.05. The number of nitrogens with two attached hydrogens (primary N) is 1. The zero-order valence-electron chi connectivity index (χ0n) is 7.62. The third kappa shape index (κ3) is 2.70. The molecule has 0 bridgehead atoms. The maximum Gasteiger partial charge on any atom is 0.114 e. The molecule has 1 atom stereocenters. The van der Waals surface area contributed by atoms with Gasteiger partial charge in [0.05, 0.1) is 7.11 Å². The average Bonchev–Trinajstić information content (AvgIpc) is 2.31. The van der Waals surface area contributed by atoms with E-state index < -0.39 is 0 Å². The molecule has 12 heavy (non-hydrogen) atoms. The maximum atomic E-state index is 5.50. The van der Waals surface area contributed by atoms with Crippen LogP contribution in [0.5, 0.6) is 0 Å². The largest absolute Gasteiger partial charge is 0.497 e. The van der Waals surface area contributed by atoms with Crippen LogP contribution in [-0.4, -0.2) is 13.7 Å². The lowest BCUT2D eigenvalue weighted by molar-refractivity contribution is 0.305. The predicted molar refractivity (Wildman–Crippen MR) is 50.6 cm³/mol. The highest BCUT2D eigenvalue weighted by molar-refractivity contribution is 5.15. The predicted octanol–water partition coefficient (Wildman–Crippen LogP) is 1.83. The molecule has 0 aromatic rings. The van der Waals surface area contributed by atoms with E-state index in [1.54, 1.807) is 7.11 Å². The first-order valence-electron chi connectivity index (χ1n) is 4.49. The molecule has 0 fully saturated rings. The van der Waals surface area contributed by atoms with Crippen LogP contribution in [0.1, 0.15) is 19.3 Å². The van der Waals surface area contributed by atoms with E-state index in [4.69, 9.17) is 10.5 Å². The van der Waals surface area contributed by atoms with Gasteiger partial charge in [-0.2, -0.15) is 0 Å². The molecule has 1 unspecified atom stereocenters. The van der Waals surface area contributed by atoms with E-state index in [1.807, 2.05) is 6.08 Å². The normalized spacial score (nSPS) is 23.2. The minimum atomic E-state index is 0.638. The first-order chi connectivity index (χ1) is 5.86. The van der Waals surface area contributed by atoms with Crippen molar-refractivity contribution in [2.24, 2.45) is 11.7 Å². The van der Waals surface area contributed by atoms with E-state index >= 15 is 0 Å². The molecule has 0 aromatic heterocycles. The summed E-state index contributed by atoms with van der Waals surface area (Å²) in [5.41, 5.74) is 5.50. The lowest BCUT2D eigenvalue weighted by Gasteiger charge is -2.06. The molecular formula is C10H17NO. The summed E-state index contributed by atoms with van der Waals surface area (Å²) in [6, 6.07) is 0. The Morgan fingerprint density at radius 2 is 2.50 bits per heavy atom. The Balaban J connectivity index is 2.46. The standard InChI is InChI=1S/C10H17NO/c1-12-10-4-2-3-9(5-6-10)7-8-11/h4-6,9H,2-3,7-8,11H2,1H3. The lowest BCUT2D eigenvalue weighted by atomic mass is 10.0. The van der Waals surface area contributed by atoms with Crippen molar-refractivity contribution in [1.82, 2.24) is 0 Å². The van der Waals surface area contributed by atoms with Gasteiger partial charge in [-0.05, 0) is 43.9 Å². The molecule has 0 spiro atoms. The highest BCUT2D eigenvalue weighted by Crippen LogP contribution is 2.18. The van der Waals surface area contributed by atoms with Crippen LogP contribution in [0.4, 0.5) is 0 Å². The van der Waals surface area contributed by atoms with Crippen molar-refractivity contribution >= 4 is 0 Å². The second kappa shape index (κ2) is 4.99. The van der Waals surface area contributed by atoms with E-state index in [0.717, 1.165) is 25.1 Å². The topological polar surface area (TPSA) is 35.2 Å². The van der Waals surface area contributed by atoms with Crippen molar-refractivity contribution in [1.29, 1.82) is 0 Å². The van der Waals surface area contributed by atoms with Crippen LogP contribution in [0, 0.1) is 5.92 Å². The molecule has 2 heteroatoms. The van der Waals surface area contributed by atoms with Crippen LogP contribution in [0.2, 0.25) is 0 Å². The minimum Gasteiger partial charge on any atom is -0.497 e. The number of methoxy groups -OCH3 is 1. The van der Waals surface area contributed by atoms with Crippen molar-refractivity contribution in [3.8, 4) is 0 Å². The molecule has 1 aliphatic rings. The molecule has 1 rings (SSSR count). The van der Waals surface area contributed by atoms with Gasteiger partial charge in [0.25, 0.3) is 0 Å². The summed E-state index contributed by atoms with van der Waals surface area (Å²) >= 11 is 0. The van der Waals surface area contributed by atoms with Crippen LogP contribution < -0.4 is 5.73 Å². The summed E-state index contributed by atoms with van der Waals surface area (Å²) < 4.78 is 5.14. The van der Waals surface area contributed by atoms with E-state index in [9.17, 15) is 0 Å². The number of allylic oxidation sites excluding steroid dienone is 3. The van der Waals surface area contributed by atoms with Crippen molar-refractivity contribution in [2.45, 2.75) is 19.3 Å². The van der Waals surface area contributed by atoms with Gasteiger partial charge in [0.1, 0.15) is 5.76 Å². The van der Waals surface area contributed by atoms with Crippen molar-refractivity contribution in [3.05, 3.63) is 24.0 Å². The molecule has 1 aliphatic carbocycles. The van der Waals surface area contributed by atoms with E-state index in [0.29, 0.717) is 5.92 Å². The average molecular weight is 167 g/mol. The Bertz CT molecular complexity index is 184. The van der Waals surface area contributed by atoms with E-state index in [1.165, 1.54) is 6.42 Å². The fraction of sp³-hybridized carbons (Fsp3) is 0.600. The van der Waals surface area contributed by atoms with E-state index in [2.05, 4.69) is 12.2 Å². The summed E-state index contributed by atoms with van der Waals surface area (Å²) in [5, 5.41) is 0. The second-order valence-electron chi connectivity index (χ2n) is 3.08. The summed E-state index contributed by atoms with van der Waals surface area (Å²) in [4.78, 5) is 0. The number of hydrogen-bond donors (Lipinski definition) is 1. The van der Waals surface area contributed by atoms with Gasteiger partial charge in [-0.15, -0.1) is 0 Å². The monoisotopic (exact) mass is 167 g/mol. The highest BCUT2D eigenvalue weighted by Gasteiger charge is 2.06. The Hall–Kier alpha value is -0.760. The van der Waals surface area contributed by atoms with Crippen LogP contribution in [-0.2, 0) is 4.74 Å². The fourth-order valence-electron chi connectivity index (χ4n) is 1.44. The molecule has 0 saturated carbocycles. The number of hydrogen-bond acceptors (Lipinski definition) is 2. The van der Waals surface area contributed by atoms with Crippen LogP contribution in [0.3, 0.4) is 0 Å². The Labute approximate surface area is 74.1 Å². The summed E-state index contributed by atoms with van der Waals surface area (Å²) in [6.45, 7) is 0.775. The van der Waals surface area contributed by atoms with Gasteiger partial charge in [0.2, 0.25) is 0 Å². The van der Waals surface area contributed by atoms with Gasteiger partial charge in [0.15, 0.2) is 0 Å². The van der Waals surface area contributed by atoms with Gasteiger partial charge in [-0.1, -0.05) is 6.08 Å². The van der Waals surface area contributed by atoms with Crippen molar-refractivity contribution < 1.29 is 4.74 Å². The molecule has 0 radical (unpaired) electrons. The van der Waals surface area contributed by atoms with Crippen molar-refractivity contribution in [3.63, 3.8) is 0 Å². The van der Waals surface area contributed by atoms with E-state index in [-0.39, 0.29) is 0 Å². The first kappa shape index (κ1) is 9.33. The third-order valence-electron chi connectivity index (χ3n) is 2.19. The number of rotatable bonds is 3.